The zero-order valence-corrected chi connectivity index (χ0v) is 12.3. The van der Waals surface area contributed by atoms with Gasteiger partial charge in [-0.25, -0.2) is 13.1 Å². The largest absolute Gasteiger partial charge is 0.326 e. The lowest BCUT2D eigenvalue weighted by Gasteiger charge is -2.39. The number of nitrogens with two attached hydrogens (primary N) is 1. The van der Waals surface area contributed by atoms with Crippen LogP contribution in [0.25, 0.3) is 0 Å². The standard InChI is InChI=1S/C14H22N2O2S/c1-11-6-8-12(9-7-11)19(17,18)16-14(2)10-4-3-5-13(14)15/h6-9,13,16H,3-5,10,15H2,1-2H3. The summed E-state index contributed by atoms with van der Waals surface area (Å²) < 4.78 is 27.6. The van der Waals surface area contributed by atoms with Gasteiger partial charge in [-0.05, 0) is 38.8 Å². The van der Waals surface area contributed by atoms with Crippen molar-refractivity contribution in [2.24, 2.45) is 5.73 Å². The minimum atomic E-state index is -3.50. The molecule has 1 aliphatic rings. The molecule has 0 saturated heterocycles. The Morgan fingerprint density at radius 1 is 1.26 bits per heavy atom. The molecule has 1 aromatic rings. The van der Waals surface area contributed by atoms with Crippen molar-refractivity contribution in [1.82, 2.24) is 4.72 Å². The van der Waals surface area contributed by atoms with E-state index in [4.69, 9.17) is 5.73 Å². The molecule has 106 valence electrons. The zero-order chi connectivity index (χ0) is 14.1. The topological polar surface area (TPSA) is 72.2 Å². The van der Waals surface area contributed by atoms with E-state index in [2.05, 4.69) is 4.72 Å². The van der Waals surface area contributed by atoms with Gasteiger partial charge in [0, 0.05) is 11.6 Å². The fourth-order valence-corrected chi connectivity index (χ4v) is 4.05. The van der Waals surface area contributed by atoms with E-state index in [-0.39, 0.29) is 6.04 Å². The van der Waals surface area contributed by atoms with Crippen LogP contribution >= 0.6 is 0 Å². The number of rotatable bonds is 3. The molecule has 3 N–H and O–H groups in total. The predicted molar refractivity (Wildman–Crippen MR) is 76.3 cm³/mol. The molecule has 0 amide bonds. The summed E-state index contributed by atoms with van der Waals surface area (Å²) in [5.74, 6) is 0. The van der Waals surface area contributed by atoms with Gasteiger partial charge in [0.2, 0.25) is 10.0 Å². The fraction of sp³-hybridized carbons (Fsp3) is 0.571. The Bertz CT molecular complexity index is 539. The number of benzene rings is 1. The van der Waals surface area contributed by atoms with E-state index in [9.17, 15) is 8.42 Å². The van der Waals surface area contributed by atoms with Crippen molar-refractivity contribution in [3.63, 3.8) is 0 Å². The van der Waals surface area contributed by atoms with Crippen LogP contribution in [0.3, 0.4) is 0 Å². The molecule has 0 bridgehead atoms. The highest BCUT2D eigenvalue weighted by molar-refractivity contribution is 7.89. The van der Waals surface area contributed by atoms with Gasteiger partial charge >= 0.3 is 0 Å². The first kappa shape index (κ1) is 14.5. The number of hydrogen-bond donors (Lipinski definition) is 2. The molecule has 5 heteroatoms. The van der Waals surface area contributed by atoms with Gasteiger partial charge in [0.25, 0.3) is 0 Å². The first-order valence-corrected chi connectivity index (χ1v) is 8.18. The second kappa shape index (κ2) is 5.23. The van der Waals surface area contributed by atoms with Gasteiger partial charge in [0.1, 0.15) is 0 Å². The molecule has 0 aromatic heterocycles. The van der Waals surface area contributed by atoms with Crippen molar-refractivity contribution in [3.8, 4) is 0 Å². The fourth-order valence-electron chi connectivity index (χ4n) is 2.57. The van der Waals surface area contributed by atoms with Crippen LogP contribution in [-0.2, 0) is 10.0 Å². The molecule has 4 nitrogen and oxygen atoms in total. The van der Waals surface area contributed by atoms with Gasteiger partial charge in [-0.15, -0.1) is 0 Å². The Labute approximate surface area is 115 Å². The molecular weight excluding hydrogens is 260 g/mol. The highest BCUT2D eigenvalue weighted by Crippen LogP contribution is 2.28. The minimum absolute atomic E-state index is 0.124. The van der Waals surface area contributed by atoms with Crippen molar-refractivity contribution in [2.45, 2.75) is 56.0 Å². The molecule has 0 radical (unpaired) electrons. The third-order valence-corrected chi connectivity index (χ3v) is 5.61. The number of sulfonamides is 1. The maximum atomic E-state index is 12.4. The molecule has 0 spiro atoms. The summed E-state index contributed by atoms with van der Waals surface area (Å²) in [7, 11) is -3.50. The Kier molecular flexibility index (Phi) is 3.99. The van der Waals surface area contributed by atoms with E-state index in [1.54, 1.807) is 24.3 Å². The van der Waals surface area contributed by atoms with E-state index in [1.807, 2.05) is 13.8 Å². The third-order valence-electron chi connectivity index (χ3n) is 3.98. The second-order valence-electron chi connectivity index (χ2n) is 5.69. The highest BCUT2D eigenvalue weighted by atomic mass is 32.2. The van der Waals surface area contributed by atoms with E-state index >= 15 is 0 Å². The van der Waals surface area contributed by atoms with E-state index in [0.29, 0.717) is 4.90 Å². The van der Waals surface area contributed by atoms with Crippen molar-refractivity contribution in [3.05, 3.63) is 29.8 Å². The lowest BCUT2D eigenvalue weighted by Crippen LogP contribution is -2.59. The van der Waals surface area contributed by atoms with Crippen LogP contribution in [0.5, 0.6) is 0 Å². The zero-order valence-electron chi connectivity index (χ0n) is 11.5. The van der Waals surface area contributed by atoms with E-state index in [1.165, 1.54) is 0 Å². The normalized spacial score (nSPS) is 28.3. The molecule has 2 unspecified atom stereocenters. The van der Waals surface area contributed by atoms with Crippen molar-refractivity contribution in [2.75, 3.05) is 0 Å². The summed E-state index contributed by atoms with van der Waals surface area (Å²) in [5.41, 5.74) is 6.60. The predicted octanol–water partition coefficient (Wildman–Crippen LogP) is 1.93. The summed E-state index contributed by atoms with van der Waals surface area (Å²) in [6.07, 6.45) is 3.75. The summed E-state index contributed by atoms with van der Waals surface area (Å²) >= 11 is 0. The SMILES string of the molecule is Cc1ccc(S(=O)(=O)NC2(C)CCCCC2N)cc1. The van der Waals surface area contributed by atoms with Crippen LogP contribution in [0, 0.1) is 6.92 Å². The van der Waals surface area contributed by atoms with Crippen LogP contribution in [-0.4, -0.2) is 20.0 Å². The summed E-state index contributed by atoms with van der Waals surface area (Å²) in [4.78, 5) is 0.303. The second-order valence-corrected chi connectivity index (χ2v) is 7.37. The van der Waals surface area contributed by atoms with Gasteiger partial charge < -0.3 is 5.73 Å². The molecule has 0 heterocycles. The number of hydrogen-bond acceptors (Lipinski definition) is 3. The van der Waals surface area contributed by atoms with E-state index < -0.39 is 15.6 Å². The Balaban J connectivity index is 2.23. The average molecular weight is 282 g/mol. The van der Waals surface area contributed by atoms with Gasteiger partial charge in [-0.2, -0.15) is 0 Å². The molecule has 1 aliphatic carbocycles. The summed E-state index contributed by atoms with van der Waals surface area (Å²) in [5, 5.41) is 0. The summed E-state index contributed by atoms with van der Waals surface area (Å²) in [6, 6.07) is 6.75. The maximum absolute atomic E-state index is 12.4. The lowest BCUT2D eigenvalue weighted by atomic mass is 9.80. The highest BCUT2D eigenvalue weighted by Gasteiger charge is 2.37. The molecule has 19 heavy (non-hydrogen) atoms. The summed E-state index contributed by atoms with van der Waals surface area (Å²) in [6.45, 7) is 3.84. The molecular formula is C14H22N2O2S. The monoisotopic (exact) mass is 282 g/mol. The number of nitrogens with one attached hydrogen (secondary N) is 1. The number of aryl methyl sites for hydroxylation is 1. The van der Waals surface area contributed by atoms with E-state index in [0.717, 1.165) is 31.2 Å². The first-order chi connectivity index (χ1) is 8.83. The average Bonchev–Trinajstić information content (AvgIpc) is 2.33. The molecule has 1 fully saturated rings. The molecule has 1 saturated carbocycles. The smallest absolute Gasteiger partial charge is 0.241 e. The van der Waals surface area contributed by atoms with Crippen LogP contribution in [0.15, 0.2) is 29.2 Å². The third kappa shape index (κ3) is 3.16. The molecule has 1 aromatic carbocycles. The Morgan fingerprint density at radius 3 is 2.47 bits per heavy atom. The van der Waals surface area contributed by atoms with Crippen molar-refractivity contribution < 1.29 is 8.42 Å². The van der Waals surface area contributed by atoms with Crippen molar-refractivity contribution >= 4 is 10.0 Å². The Morgan fingerprint density at radius 2 is 1.89 bits per heavy atom. The van der Waals surface area contributed by atoms with Crippen LogP contribution in [0.4, 0.5) is 0 Å². The minimum Gasteiger partial charge on any atom is -0.326 e. The molecule has 2 atom stereocenters. The quantitative estimate of drug-likeness (QED) is 0.890. The molecule has 2 rings (SSSR count). The Hall–Kier alpha value is -0.910. The van der Waals surface area contributed by atoms with Crippen LogP contribution in [0.1, 0.15) is 38.2 Å². The van der Waals surface area contributed by atoms with Gasteiger partial charge in [0.05, 0.1) is 4.90 Å². The van der Waals surface area contributed by atoms with Gasteiger partial charge in [-0.3, -0.25) is 0 Å². The van der Waals surface area contributed by atoms with Crippen LogP contribution in [0.2, 0.25) is 0 Å². The maximum Gasteiger partial charge on any atom is 0.241 e. The van der Waals surface area contributed by atoms with Crippen molar-refractivity contribution in [1.29, 1.82) is 0 Å². The van der Waals surface area contributed by atoms with Crippen LogP contribution < -0.4 is 10.5 Å². The lowest BCUT2D eigenvalue weighted by molar-refractivity contribution is 0.251. The molecule has 0 aliphatic heterocycles. The van der Waals surface area contributed by atoms with Gasteiger partial charge in [0.15, 0.2) is 0 Å². The van der Waals surface area contributed by atoms with Gasteiger partial charge in [-0.1, -0.05) is 30.5 Å². The first-order valence-electron chi connectivity index (χ1n) is 6.70.